The predicted molar refractivity (Wildman–Crippen MR) is 86.9 cm³/mol. The first-order chi connectivity index (χ1) is 10.6. The Morgan fingerprint density at radius 1 is 1.45 bits per heavy atom. The second-order valence-electron chi connectivity index (χ2n) is 5.72. The van der Waals surface area contributed by atoms with Crippen molar-refractivity contribution in [2.45, 2.75) is 26.2 Å². The molecule has 1 aromatic rings. The Bertz CT molecular complexity index is 505. The van der Waals surface area contributed by atoms with Gasteiger partial charge in [-0.2, -0.15) is 0 Å². The molecular formula is C17H26N2O3. The molecule has 0 bridgehead atoms. The van der Waals surface area contributed by atoms with E-state index in [0.717, 1.165) is 38.9 Å². The Kier molecular flexibility index (Phi) is 6.07. The number of benzene rings is 1. The fourth-order valence-electron chi connectivity index (χ4n) is 2.94. The highest BCUT2D eigenvalue weighted by Crippen LogP contribution is 2.23. The van der Waals surface area contributed by atoms with Crippen LogP contribution in [0.3, 0.4) is 0 Å². The van der Waals surface area contributed by atoms with Crippen LogP contribution in [0.4, 0.5) is 5.69 Å². The number of rotatable bonds is 6. The minimum Gasteiger partial charge on any atom is -0.495 e. The van der Waals surface area contributed by atoms with Crippen molar-refractivity contribution in [1.82, 2.24) is 4.90 Å². The highest BCUT2D eigenvalue weighted by Gasteiger charge is 2.26. The van der Waals surface area contributed by atoms with Crippen molar-refractivity contribution in [3.63, 3.8) is 0 Å². The van der Waals surface area contributed by atoms with Gasteiger partial charge < -0.3 is 20.1 Å². The summed E-state index contributed by atoms with van der Waals surface area (Å²) in [7, 11) is 1.62. The van der Waals surface area contributed by atoms with Crippen molar-refractivity contribution in [2.75, 3.05) is 39.1 Å². The number of hydrogen-bond acceptors (Lipinski definition) is 5. The van der Waals surface area contributed by atoms with Crippen molar-refractivity contribution in [3.05, 3.63) is 23.8 Å². The standard InChI is InChI=1S/C17H26N2O3/c1-3-22-17(20)14-5-4-9-19(12-14)10-8-13-6-7-16(21-2)15(18)11-13/h6-7,11,14H,3-5,8-10,12,18H2,1-2H3. The maximum absolute atomic E-state index is 11.9. The summed E-state index contributed by atoms with van der Waals surface area (Å²) in [5, 5.41) is 0. The largest absolute Gasteiger partial charge is 0.495 e. The fourth-order valence-corrected chi connectivity index (χ4v) is 2.94. The molecule has 2 rings (SSSR count). The Labute approximate surface area is 132 Å². The first kappa shape index (κ1) is 16.6. The van der Waals surface area contributed by atoms with Gasteiger partial charge in [-0.05, 0) is 50.4 Å². The van der Waals surface area contributed by atoms with E-state index >= 15 is 0 Å². The van der Waals surface area contributed by atoms with Crippen molar-refractivity contribution in [1.29, 1.82) is 0 Å². The number of likely N-dealkylation sites (tertiary alicyclic amines) is 1. The number of ether oxygens (including phenoxy) is 2. The van der Waals surface area contributed by atoms with Crippen molar-refractivity contribution in [2.24, 2.45) is 5.92 Å². The minimum atomic E-state index is -0.0547. The number of methoxy groups -OCH3 is 1. The number of esters is 1. The molecule has 1 aromatic carbocycles. The van der Waals surface area contributed by atoms with Crippen molar-refractivity contribution < 1.29 is 14.3 Å². The van der Waals surface area contributed by atoms with Crippen LogP contribution in [0.1, 0.15) is 25.3 Å². The fraction of sp³-hybridized carbons (Fsp3) is 0.588. The summed E-state index contributed by atoms with van der Waals surface area (Å²) in [5.74, 6) is 0.680. The molecule has 0 radical (unpaired) electrons. The van der Waals surface area contributed by atoms with Gasteiger partial charge in [-0.1, -0.05) is 6.07 Å². The number of piperidine rings is 1. The maximum atomic E-state index is 11.9. The average molecular weight is 306 g/mol. The summed E-state index contributed by atoms with van der Waals surface area (Å²) in [6.07, 6.45) is 2.91. The molecule has 1 unspecified atom stereocenters. The number of hydrogen-bond donors (Lipinski definition) is 1. The molecule has 0 aromatic heterocycles. The van der Waals surface area contributed by atoms with E-state index in [1.54, 1.807) is 7.11 Å². The molecule has 1 saturated heterocycles. The van der Waals surface area contributed by atoms with Crippen LogP contribution in [0.2, 0.25) is 0 Å². The molecule has 0 amide bonds. The number of carbonyl (C=O) groups is 1. The summed E-state index contributed by atoms with van der Waals surface area (Å²) >= 11 is 0. The molecule has 2 N–H and O–H groups in total. The maximum Gasteiger partial charge on any atom is 0.310 e. The molecule has 0 saturated carbocycles. The zero-order valence-electron chi connectivity index (χ0n) is 13.5. The van der Waals surface area contributed by atoms with Gasteiger partial charge in [-0.25, -0.2) is 0 Å². The summed E-state index contributed by atoms with van der Waals surface area (Å²) < 4.78 is 10.3. The minimum absolute atomic E-state index is 0.0228. The molecule has 5 heteroatoms. The van der Waals surface area contributed by atoms with Gasteiger partial charge in [0, 0.05) is 13.1 Å². The van der Waals surface area contributed by atoms with Gasteiger partial charge in [-0.3, -0.25) is 4.79 Å². The van der Waals surface area contributed by atoms with Gasteiger partial charge in [0.2, 0.25) is 0 Å². The van der Waals surface area contributed by atoms with E-state index in [1.807, 2.05) is 25.1 Å². The van der Waals surface area contributed by atoms with Crippen molar-refractivity contribution >= 4 is 11.7 Å². The van der Waals surface area contributed by atoms with E-state index in [2.05, 4.69) is 4.90 Å². The van der Waals surface area contributed by atoms with E-state index in [0.29, 0.717) is 18.0 Å². The van der Waals surface area contributed by atoms with Gasteiger partial charge in [0.15, 0.2) is 0 Å². The van der Waals surface area contributed by atoms with Gasteiger partial charge >= 0.3 is 5.97 Å². The first-order valence-corrected chi connectivity index (χ1v) is 7.95. The van der Waals surface area contributed by atoms with Crippen LogP contribution in [-0.4, -0.2) is 44.2 Å². The van der Waals surface area contributed by atoms with Crippen LogP contribution < -0.4 is 10.5 Å². The van der Waals surface area contributed by atoms with E-state index < -0.39 is 0 Å². The number of carbonyl (C=O) groups excluding carboxylic acids is 1. The predicted octanol–water partition coefficient (Wildman–Crippen LogP) is 2.09. The van der Waals surface area contributed by atoms with E-state index in [-0.39, 0.29) is 11.9 Å². The van der Waals surface area contributed by atoms with E-state index in [9.17, 15) is 4.79 Å². The van der Waals surface area contributed by atoms with Crippen LogP contribution in [0.15, 0.2) is 18.2 Å². The zero-order chi connectivity index (χ0) is 15.9. The summed E-state index contributed by atoms with van der Waals surface area (Å²) in [6, 6.07) is 5.91. The second kappa shape index (κ2) is 8.03. The highest BCUT2D eigenvalue weighted by molar-refractivity contribution is 5.72. The molecule has 22 heavy (non-hydrogen) atoms. The molecule has 122 valence electrons. The van der Waals surface area contributed by atoms with Gasteiger partial charge in [0.1, 0.15) is 5.75 Å². The Morgan fingerprint density at radius 2 is 2.27 bits per heavy atom. The molecule has 1 heterocycles. The monoisotopic (exact) mass is 306 g/mol. The van der Waals surface area contributed by atoms with Gasteiger partial charge in [-0.15, -0.1) is 0 Å². The van der Waals surface area contributed by atoms with Crippen LogP contribution in [0.25, 0.3) is 0 Å². The van der Waals surface area contributed by atoms with Gasteiger partial charge in [0.25, 0.3) is 0 Å². The third-order valence-electron chi connectivity index (χ3n) is 4.14. The normalized spacial score (nSPS) is 18.9. The Hall–Kier alpha value is -1.75. The van der Waals surface area contributed by atoms with Crippen LogP contribution in [0.5, 0.6) is 5.75 Å². The summed E-state index contributed by atoms with van der Waals surface area (Å²) in [5.41, 5.74) is 7.80. The smallest absolute Gasteiger partial charge is 0.310 e. The molecule has 1 aliphatic rings. The van der Waals surface area contributed by atoms with E-state index in [1.165, 1.54) is 5.56 Å². The molecule has 1 aliphatic heterocycles. The zero-order valence-corrected chi connectivity index (χ0v) is 13.5. The number of anilines is 1. The Balaban J connectivity index is 1.86. The van der Waals surface area contributed by atoms with Gasteiger partial charge in [0.05, 0.1) is 25.3 Å². The molecule has 0 spiro atoms. The molecule has 1 fully saturated rings. The molecule has 5 nitrogen and oxygen atoms in total. The lowest BCUT2D eigenvalue weighted by atomic mass is 9.97. The third kappa shape index (κ3) is 4.37. The number of nitrogens with zero attached hydrogens (tertiary/aromatic N) is 1. The Morgan fingerprint density at radius 3 is 2.95 bits per heavy atom. The van der Waals surface area contributed by atoms with Crippen molar-refractivity contribution in [3.8, 4) is 5.75 Å². The topological polar surface area (TPSA) is 64.8 Å². The SMILES string of the molecule is CCOC(=O)C1CCCN(CCc2ccc(OC)c(N)c2)C1. The molecule has 0 aliphatic carbocycles. The highest BCUT2D eigenvalue weighted by atomic mass is 16.5. The third-order valence-corrected chi connectivity index (χ3v) is 4.14. The summed E-state index contributed by atoms with van der Waals surface area (Å²) in [6.45, 7) is 5.08. The lowest BCUT2D eigenvalue weighted by molar-refractivity contribution is -0.149. The lowest BCUT2D eigenvalue weighted by Gasteiger charge is -2.31. The van der Waals surface area contributed by atoms with Crippen LogP contribution >= 0.6 is 0 Å². The number of nitrogen functional groups attached to an aromatic ring is 1. The van der Waals surface area contributed by atoms with Crippen LogP contribution in [-0.2, 0) is 16.0 Å². The quantitative estimate of drug-likeness (QED) is 0.644. The number of nitrogens with two attached hydrogens (primary N) is 1. The van der Waals surface area contributed by atoms with E-state index in [4.69, 9.17) is 15.2 Å². The summed E-state index contributed by atoms with van der Waals surface area (Å²) in [4.78, 5) is 14.2. The van der Waals surface area contributed by atoms with Crippen LogP contribution in [0, 0.1) is 5.92 Å². The molecular weight excluding hydrogens is 280 g/mol. The average Bonchev–Trinajstić information content (AvgIpc) is 2.53. The second-order valence-corrected chi connectivity index (χ2v) is 5.72. The molecule has 1 atom stereocenters. The first-order valence-electron chi connectivity index (χ1n) is 7.95. The lowest BCUT2D eigenvalue weighted by Crippen LogP contribution is -2.40.